The van der Waals surface area contributed by atoms with Gasteiger partial charge in [0.25, 0.3) is 0 Å². The summed E-state index contributed by atoms with van der Waals surface area (Å²) in [5.41, 5.74) is 5.07. The molecular weight excluding hydrogens is 258 g/mol. The Morgan fingerprint density at radius 1 is 1.40 bits per heavy atom. The minimum absolute atomic E-state index is 0.135. The maximum Gasteiger partial charge on any atom is 0.243 e. The van der Waals surface area contributed by atoms with E-state index in [9.17, 15) is 9.59 Å². The summed E-state index contributed by atoms with van der Waals surface area (Å²) >= 11 is 0. The number of primary amides is 1. The second-order valence-corrected chi connectivity index (χ2v) is 5.44. The molecule has 1 atom stereocenters. The molecule has 0 aliphatic carbocycles. The molecule has 7 heteroatoms. The number of nitrogens with one attached hydrogen (secondary N) is 1. The largest absolute Gasteiger partial charge is 0.368 e. The lowest BCUT2D eigenvalue weighted by molar-refractivity contribution is -0.127. The molecule has 0 fully saturated rings. The number of nitrogens with two attached hydrogens (primary N) is 1. The van der Waals surface area contributed by atoms with Crippen molar-refractivity contribution in [2.24, 2.45) is 5.73 Å². The fraction of sp³-hybridized carbons (Fsp3) is 0.692. The van der Waals surface area contributed by atoms with Gasteiger partial charge in [-0.2, -0.15) is 0 Å². The first-order valence-corrected chi connectivity index (χ1v) is 7.00. The van der Waals surface area contributed by atoms with Gasteiger partial charge >= 0.3 is 0 Å². The highest BCUT2D eigenvalue weighted by atomic mass is 16.2. The SMILES string of the molecule is CC(C)c1nnc2n1[C@H](C(=O)NCC(N)=O)CCCC2. The average molecular weight is 279 g/mol. The van der Waals surface area contributed by atoms with E-state index in [1.165, 1.54) is 0 Å². The molecule has 1 aliphatic rings. The van der Waals surface area contributed by atoms with Crippen molar-refractivity contribution in [3.05, 3.63) is 11.6 Å². The summed E-state index contributed by atoms with van der Waals surface area (Å²) in [4.78, 5) is 23.1. The lowest BCUT2D eigenvalue weighted by Crippen LogP contribution is -2.38. The van der Waals surface area contributed by atoms with Gasteiger partial charge in [-0.3, -0.25) is 9.59 Å². The summed E-state index contributed by atoms with van der Waals surface area (Å²) < 4.78 is 1.94. The number of fused-ring (bicyclic) bond motifs is 1. The minimum Gasteiger partial charge on any atom is -0.368 e. The van der Waals surface area contributed by atoms with Crippen molar-refractivity contribution in [1.82, 2.24) is 20.1 Å². The molecule has 0 aromatic carbocycles. The monoisotopic (exact) mass is 279 g/mol. The third-order valence-electron chi connectivity index (χ3n) is 3.49. The van der Waals surface area contributed by atoms with Gasteiger partial charge in [0.15, 0.2) is 0 Å². The first-order valence-electron chi connectivity index (χ1n) is 7.00. The Morgan fingerprint density at radius 3 is 2.80 bits per heavy atom. The van der Waals surface area contributed by atoms with Crippen molar-refractivity contribution < 1.29 is 9.59 Å². The number of rotatable bonds is 4. The lowest BCUT2D eigenvalue weighted by atomic mass is 10.1. The van der Waals surface area contributed by atoms with E-state index in [0.717, 1.165) is 37.3 Å². The molecule has 0 saturated heterocycles. The maximum atomic E-state index is 12.3. The van der Waals surface area contributed by atoms with Gasteiger partial charge in [-0.25, -0.2) is 0 Å². The standard InChI is InChI=1S/C13H21N5O2/c1-8(2)12-17-16-11-6-4-3-5-9(18(11)12)13(20)15-7-10(14)19/h8-9H,3-7H2,1-2H3,(H2,14,19)(H,15,20)/t9-/m0/s1. The van der Waals surface area contributed by atoms with Gasteiger partial charge < -0.3 is 15.6 Å². The lowest BCUT2D eigenvalue weighted by Gasteiger charge is -2.20. The molecule has 2 rings (SSSR count). The Labute approximate surface area is 117 Å². The molecule has 1 aromatic rings. The van der Waals surface area contributed by atoms with Crippen LogP contribution in [0.25, 0.3) is 0 Å². The van der Waals surface area contributed by atoms with Crippen LogP contribution in [-0.4, -0.2) is 33.1 Å². The molecule has 0 bridgehead atoms. The van der Waals surface area contributed by atoms with Gasteiger partial charge in [-0.05, 0) is 12.8 Å². The van der Waals surface area contributed by atoms with Gasteiger partial charge in [0.05, 0.1) is 6.54 Å². The predicted molar refractivity (Wildman–Crippen MR) is 72.9 cm³/mol. The van der Waals surface area contributed by atoms with Crippen molar-refractivity contribution in [3.8, 4) is 0 Å². The summed E-state index contributed by atoms with van der Waals surface area (Å²) in [6, 6.07) is -0.348. The zero-order valence-corrected chi connectivity index (χ0v) is 11.9. The molecule has 20 heavy (non-hydrogen) atoms. The van der Waals surface area contributed by atoms with E-state index in [4.69, 9.17) is 5.73 Å². The highest BCUT2D eigenvalue weighted by Gasteiger charge is 2.29. The van der Waals surface area contributed by atoms with E-state index in [0.29, 0.717) is 0 Å². The van der Waals surface area contributed by atoms with Crippen LogP contribution in [0.3, 0.4) is 0 Å². The zero-order valence-electron chi connectivity index (χ0n) is 11.9. The third-order valence-corrected chi connectivity index (χ3v) is 3.49. The second kappa shape index (κ2) is 6.02. The molecule has 0 saturated carbocycles. The Balaban J connectivity index is 2.28. The van der Waals surface area contributed by atoms with Crippen LogP contribution in [0.1, 0.15) is 56.7 Å². The Kier molecular flexibility index (Phi) is 4.36. The fourth-order valence-electron chi connectivity index (χ4n) is 2.53. The van der Waals surface area contributed by atoms with Crippen LogP contribution in [0.2, 0.25) is 0 Å². The smallest absolute Gasteiger partial charge is 0.243 e. The van der Waals surface area contributed by atoms with E-state index in [2.05, 4.69) is 15.5 Å². The molecule has 110 valence electrons. The van der Waals surface area contributed by atoms with E-state index >= 15 is 0 Å². The molecule has 3 N–H and O–H groups in total. The van der Waals surface area contributed by atoms with Gasteiger partial charge in [-0.15, -0.1) is 10.2 Å². The van der Waals surface area contributed by atoms with E-state index in [1.54, 1.807) is 0 Å². The molecule has 1 aliphatic heterocycles. The van der Waals surface area contributed by atoms with Crippen molar-refractivity contribution in [2.45, 2.75) is 51.5 Å². The first kappa shape index (κ1) is 14.5. The van der Waals surface area contributed by atoms with Crippen molar-refractivity contribution in [2.75, 3.05) is 6.54 Å². The van der Waals surface area contributed by atoms with Crippen LogP contribution in [-0.2, 0) is 16.0 Å². The van der Waals surface area contributed by atoms with Crippen LogP contribution >= 0.6 is 0 Å². The summed E-state index contributed by atoms with van der Waals surface area (Å²) in [5, 5.41) is 11.0. The second-order valence-electron chi connectivity index (χ2n) is 5.44. The maximum absolute atomic E-state index is 12.3. The van der Waals surface area contributed by atoms with Gasteiger partial charge in [0.2, 0.25) is 11.8 Å². The number of nitrogens with zero attached hydrogens (tertiary/aromatic N) is 3. The van der Waals surface area contributed by atoms with Crippen LogP contribution in [0.5, 0.6) is 0 Å². The molecule has 0 unspecified atom stereocenters. The minimum atomic E-state index is -0.542. The number of carbonyl (C=O) groups is 2. The molecular formula is C13H21N5O2. The predicted octanol–water partition coefficient (Wildman–Crippen LogP) is 0.271. The average Bonchev–Trinajstić information content (AvgIpc) is 2.69. The van der Waals surface area contributed by atoms with E-state index < -0.39 is 5.91 Å². The van der Waals surface area contributed by atoms with Gasteiger partial charge in [0, 0.05) is 12.3 Å². The van der Waals surface area contributed by atoms with Crippen molar-refractivity contribution >= 4 is 11.8 Å². The van der Waals surface area contributed by atoms with Crippen LogP contribution in [0.15, 0.2) is 0 Å². The Bertz CT molecular complexity index is 509. The Morgan fingerprint density at radius 2 is 2.15 bits per heavy atom. The van der Waals surface area contributed by atoms with Gasteiger partial charge in [0.1, 0.15) is 17.7 Å². The summed E-state index contributed by atoms with van der Waals surface area (Å²) in [7, 11) is 0. The molecule has 1 aromatic heterocycles. The topological polar surface area (TPSA) is 103 Å². The summed E-state index contributed by atoms with van der Waals surface area (Å²) in [6.07, 6.45) is 3.51. The highest BCUT2D eigenvalue weighted by molar-refractivity contribution is 5.86. The number of carbonyl (C=O) groups excluding carboxylic acids is 2. The highest BCUT2D eigenvalue weighted by Crippen LogP contribution is 2.27. The van der Waals surface area contributed by atoms with Gasteiger partial charge in [-0.1, -0.05) is 20.3 Å². The van der Waals surface area contributed by atoms with E-state index in [1.807, 2.05) is 18.4 Å². The number of amides is 2. The molecule has 2 amide bonds. The molecule has 2 heterocycles. The number of aryl methyl sites for hydroxylation is 1. The number of hydrogen-bond acceptors (Lipinski definition) is 4. The third kappa shape index (κ3) is 2.97. The Hall–Kier alpha value is -1.92. The normalized spacial score (nSPS) is 18.4. The van der Waals surface area contributed by atoms with Crippen molar-refractivity contribution in [3.63, 3.8) is 0 Å². The van der Waals surface area contributed by atoms with Crippen LogP contribution < -0.4 is 11.1 Å². The first-order chi connectivity index (χ1) is 9.50. The summed E-state index contributed by atoms with van der Waals surface area (Å²) in [5.74, 6) is 1.14. The number of hydrogen-bond donors (Lipinski definition) is 2. The molecule has 7 nitrogen and oxygen atoms in total. The number of aromatic nitrogens is 3. The van der Waals surface area contributed by atoms with Crippen LogP contribution in [0.4, 0.5) is 0 Å². The van der Waals surface area contributed by atoms with Crippen LogP contribution in [0, 0.1) is 0 Å². The molecule has 0 radical (unpaired) electrons. The molecule has 0 spiro atoms. The summed E-state index contributed by atoms with van der Waals surface area (Å²) in [6.45, 7) is 3.92. The van der Waals surface area contributed by atoms with Crippen molar-refractivity contribution in [1.29, 1.82) is 0 Å². The quantitative estimate of drug-likeness (QED) is 0.825. The van der Waals surface area contributed by atoms with E-state index in [-0.39, 0.29) is 24.4 Å². The fourth-order valence-corrected chi connectivity index (χ4v) is 2.53. The zero-order chi connectivity index (χ0) is 14.7.